The van der Waals surface area contributed by atoms with Crippen LogP contribution in [-0.2, 0) is 4.79 Å². The highest BCUT2D eigenvalue weighted by Gasteiger charge is 2.29. The number of nitrogens with zero attached hydrogens (tertiary/aromatic N) is 4. The summed E-state index contributed by atoms with van der Waals surface area (Å²) < 4.78 is 7.76. The summed E-state index contributed by atoms with van der Waals surface area (Å²) in [6.45, 7) is 3.87. The van der Waals surface area contributed by atoms with Crippen LogP contribution < -0.4 is 10.1 Å². The van der Waals surface area contributed by atoms with Gasteiger partial charge in [0.2, 0.25) is 11.1 Å². The third-order valence-electron chi connectivity index (χ3n) is 4.40. The molecule has 1 N–H and O–H groups in total. The summed E-state index contributed by atoms with van der Waals surface area (Å²) in [4.78, 5) is 12.7. The Balaban J connectivity index is 1.43. The molecule has 1 aliphatic carbocycles. The summed E-state index contributed by atoms with van der Waals surface area (Å²) in [7, 11) is 0. The van der Waals surface area contributed by atoms with Gasteiger partial charge < -0.3 is 10.1 Å². The van der Waals surface area contributed by atoms with Gasteiger partial charge in [0.15, 0.2) is 5.75 Å². The Morgan fingerprint density at radius 3 is 2.71 bits per heavy atom. The molecule has 1 fully saturated rings. The number of thioether (sulfide) groups is 1. The van der Waals surface area contributed by atoms with Crippen molar-refractivity contribution in [3.05, 3.63) is 54.1 Å². The zero-order valence-corrected chi connectivity index (χ0v) is 16.5. The minimum Gasteiger partial charge on any atom is -0.455 e. The molecule has 1 unspecified atom stereocenters. The Morgan fingerprint density at radius 2 is 1.96 bits per heavy atom. The van der Waals surface area contributed by atoms with E-state index in [-0.39, 0.29) is 11.2 Å². The normalized spacial score (nSPS) is 14.5. The van der Waals surface area contributed by atoms with Crippen LogP contribution in [0.15, 0.2) is 53.7 Å². The fourth-order valence-electron chi connectivity index (χ4n) is 2.65. The summed E-state index contributed by atoms with van der Waals surface area (Å²) in [5.74, 6) is 1.19. The highest BCUT2D eigenvalue weighted by molar-refractivity contribution is 8.00. The van der Waals surface area contributed by atoms with Crippen LogP contribution in [0.2, 0.25) is 0 Å². The fraction of sp³-hybridized carbons (Fsp3) is 0.300. The first-order valence-corrected chi connectivity index (χ1v) is 10.1. The maximum absolute atomic E-state index is 12.7. The van der Waals surface area contributed by atoms with Crippen LogP contribution >= 0.6 is 11.8 Å². The van der Waals surface area contributed by atoms with Crippen LogP contribution in [0.1, 0.15) is 31.4 Å². The molecule has 1 heterocycles. The molecule has 0 bridgehead atoms. The zero-order chi connectivity index (χ0) is 19.5. The van der Waals surface area contributed by atoms with E-state index in [0.717, 1.165) is 24.2 Å². The monoisotopic (exact) mass is 395 g/mol. The third-order valence-corrected chi connectivity index (χ3v) is 5.45. The Morgan fingerprint density at radius 1 is 1.21 bits per heavy atom. The number of aryl methyl sites for hydroxylation is 1. The van der Waals surface area contributed by atoms with Crippen LogP contribution in [0.25, 0.3) is 0 Å². The van der Waals surface area contributed by atoms with Crippen LogP contribution in [0.4, 0.5) is 5.69 Å². The molecule has 1 atom stereocenters. The third kappa shape index (κ3) is 4.33. The molecule has 4 rings (SSSR count). The number of benzene rings is 2. The molecule has 8 heteroatoms. The molecule has 0 saturated heterocycles. The van der Waals surface area contributed by atoms with E-state index in [1.54, 1.807) is 0 Å². The standard InChI is InChI=1S/C20H21N5O2S/c1-13-7-11-16(12-8-13)27-18-6-4-3-5-17(18)21-19(26)14(2)28-20-22-23-24-25(20)15-9-10-15/h3-8,11-12,14-15H,9-10H2,1-2H3,(H,21,26). The van der Waals surface area contributed by atoms with Gasteiger partial charge in [-0.1, -0.05) is 41.6 Å². The summed E-state index contributed by atoms with van der Waals surface area (Å²) in [5.41, 5.74) is 1.79. The van der Waals surface area contributed by atoms with E-state index in [1.807, 2.05) is 67.1 Å². The van der Waals surface area contributed by atoms with Gasteiger partial charge in [0.1, 0.15) is 5.75 Å². The van der Waals surface area contributed by atoms with Crippen molar-refractivity contribution in [3.63, 3.8) is 0 Å². The van der Waals surface area contributed by atoms with Gasteiger partial charge in [-0.25, -0.2) is 4.68 Å². The Bertz CT molecular complexity index is 969. The molecule has 0 aliphatic heterocycles. The molecular weight excluding hydrogens is 374 g/mol. The molecule has 144 valence electrons. The van der Waals surface area contributed by atoms with E-state index in [9.17, 15) is 4.79 Å². The SMILES string of the molecule is Cc1ccc(Oc2ccccc2NC(=O)C(C)Sc2nnnn2C2CC2)cc1. The Labute approximate surface area is 167 Å². The number of carbonyl (C=O) groups is 1. The van der Waals surface area contributed by atoms with Crippen molar-refractivity contribution in [1.29, 1.82) is 0 Å². The summed E-state index contributed by atoms with van der Waals surface area (Å²) in [6, 6.07) is 15.6. The number of hydrogen-bond donors (Lipinski definition) is 1. The van der Waals surface area contributed by atoms with E-state index in [2.05, 4.69) is 20.8 Å². The van der Waals surface area contributed by atoms with Gasteiger partial charge in [0, 0.05) is 0 Å². The molecule has 1 aliphatic rings. The molecule has 28 heavy (non-hydrogen) atoms. The highest BCUT2D eigenvalue weighted by atomic mass is 32.2. The van der Waals surface area contributed by atoms with Crippen molar-refractivity contribution >= 4 is 23.4 Å². The molecule has 1 aromatic heterocycles. The Hall–Kier alpha value is -2.87. The first-order chi connectivity index (χ1) is 13.6. The topological polar surface area (TPSA) is 81.9 Å². The van der Waals surface area contributed by atoms with Crippen molar-refractivity contribution in [2.24, 2.45) is 0 Å². The molecule has 0 spiro atoms. The molecule has 0 radical (unpaired) electrons. The number of hydrogen-bond acceptors (Lipinski definition) is 6. The number of anilines is 1. The first-order valence-electron chi connectivity index (χ1n) is 9.19. The molecular formula is C20H21N5O2S. The van der Waals surface area contributed by atoms with Gasteiger partial charge in [0.25, 0.3) is 0 Å². The number of rotatable bonds is 7. The number of ether oxygens (including phenoxy) is 1. The summed E-state index contributed by atoms with van der Waals surface area (Å²) in [5, 5.41) is 15.1. The molecule has 2 aromatic carbocycles. The van der Waals surface area contributed by atoms with Gasteiger partial charge in [-0.15, -0.1) is 5.10 Å². The number of amides is 1. The summed E-state index contributed by atoms with van der Waals surface area (Å²) >= 11 is 1.36. The molecule has 7 nitrogen and oxygen atoms in total. The average Bonchev–Trinajstić information content (AvgIpc) is 3.44. The predicted molar refractivity (Wildman–Crippen MR) is 108 cm³/mol. The number of para-hydroxylation sites is 2. The maximum Gasteiger partial charge on any atom is 0.237 e. The minimum absolute atomic E-state index is 0.129. The van der Waals surface area contributed by atoms with Gasteiger partial charge in [0.05, 0.1) is 17.0 Å². The van der Waals surface area contributed by atoms with Crippen molar-refractivity contribution in [1.82, 2.24) is 20.2 Å². The molecule has 3 aromatic rings. The van der Waals surface area contributed by atoms with E-state index < -0.39 is 0 Å². The van der Waals surface area contributed by atoms with Gasteiger partial charge in [-0.05, 0) is 61.4 Å². The number of carbonyl (C=O) groups excluding carboxylic acids is 1. The molecule has 1 saturated carbocycles. The lowest BCUT2D eigenvalue weighted by Crippen LogP contribution is -2.23. The second-order valence-electron chi connectivity index (χ2n) is 6.80. The lowest BCUT2D eigenvalue weighted by molar-refractivity contribution is -0.115. The second-order valence-corrected chi connectivity index (χ2v) is 8.11. The number of tetrazole rings is 1. The summed E-state index contributed by atoms with van der Waals surface area (Å²) in [6.07, 6.45) is 2.17. The quantitative estimate of drug-likeness (QED) is 0.603. The lowest BCUT2D eigenvalue weighted by Gasteiger charge is -2.15. The van der Waals surface area contributed by atoms with Crippen molar-refractivity contribution < 1.29 is 9.53 Å². The Kier molecular flexibility index (Phi) is 5.29. The van der Waals surface area contributed by atoms with E-state index >= 15 is 0 Å². The van der Waals surface area contributed by atoms with E-state index in [0.29, 0.717) is 22.6 Å². The maximum atomic E-state index is 12.7. The zero-order valence-electron chi connectivity index (χ0n) is 15.7. The van der Waals surface area contributed by atoms with E-state index in [1.165, 1.54) is 11.8 Å². The van der Waals surface area contributed by atoms with Crippen molar-refractivity contribution in [3.8, 4) is 11.5 Å². The average molecular weight is 395 g/mol. The van der Waals surface area contributed by atoms with Crippen LogP contribution in [0, 0.1) is 6.92 Å². The largest absolute Gasteiger partial charge is 0.455 e. The van der Waals surface area contributed by atoms with E-state index in [4.69, 9.17) is 4.74 Å². The fourth-order valence-corrected chi connectivity index (χ4v) is 3.51. The first kappa shape index (κ1) is 18.5. The van der Waals surface area contributed by atoms with Crippen molar-refractivity contribution in [2.75, 3.05) is 5.32 Å². The minimum atomic E-state index is -0.351. The van der Waals surface area contributed by atoms with Crippen LogP contribution in [0.5, 0.6) is 11.5 Å². The highest BCUT2D eigenvalue weighted by Crippen LogP contribution is 2.37. The smallest absolute Gasteiger partial charge is 0.237 e. The van der Waals surface area contributed by atoms with Crippen molar-refractivity contribution in [2.45, 2.75) is 43.1 Å². The van der Waals surface area contributed by atoms with Gasteiger partial charge in [-0.3, -0.25) is 4.79 Å². The van der Waals surface area contributed by atoms with Crippen LogP contribution in [-0.4, -0.2) is 31.4 Å². The predicted octanol–water partition coefficient (Wildman–Crippen LogP) is 4.23. The number of nitrogens with one attached hydrogen (secondary N) is 1. The van der Waals surface area contributed by atoms with Gasteiger partial charge >= 0.3 is 0 Å². The van der Waals surface area contributed by atoms with Crippen LogP contribution in [0.3, 0.4) is 0 Å². The molecule has 1 amide bonds. The number of aromatic nitrogens is 4. The second kappa shape index (κ2) is 8.02. The lowest BCUT2D eigenvalue weighted by atomic mass is 10.2. The van der Waals surface area contributed by atoms with Gasteiger partial charge in [-0.2, -0.15) is 0 Å².